The Morgan fingerprint density at radius 1 is 1.30 bits per heavy atom. The molecule has 1 amide bonds. The molecule has 2 rings (SSSR count). The average molecular weight is 291 g/mol. The molecule has 0 aromatic heterocycles. The fraction of sp³-hybridized carbons (Fsp3) is 0.462. The number of benzene rings is 1. The number of nitrogens with zero attached hydrogens (tertiary/aromatic N) is 1. The van der Waals surface area contributed by atoms with E-state index in [-0.39, 0.29) is 18.7 Å². The van der Waals surface area contributed by atoms with Crippen molar-refractivity contribution >= 4 is 5.91 Å². The monoisotopic (exact) mass is 291 g/mol. The number of rotatable bonds is 2. The Balaban J connectivity index is 2.13. The van der Waals surface area contributed by atoms with Gasteiger partial charge in [0.1, 0.15) is 12.3 Å². The smallest absolute Gasteiger partial charge is 0.388 e. The Hall–Kier alpha value is -1.63. The highest BCUT2D eigenvalue weighted by Crippen LogP contribution is 2.32. The average Bonchev–Trinajstić information content (AvgIpc) is 2.69. The van der Waals surface area contributed by atoms with Crippen LogP contribution in [-0.2, 0) is 17.4 Å². The lowest BCUT2D eigenvalue weighted by molar-refractivity contribution is -0.138. The van der Waals surface area contributed by atoms with Crippen LogP contribution in [0.4, 0.5) is 17.6 Å². The molecule has 1 saturated heterocycles. The number of aliphatic hydroxyl groups is 1. The highest BCUT2D eigenvalue weighted by Gasteiger charge is 2.36. The predicted molar refractivity (Wildman–Crippen MR) is 62.6 cm³/mol. The maximum absolute atomic E-state index is 13.1. The Kier molecular flexibility index (Phi) is 3.99. The third kappa shape index (κ3) is 3.09. The fourth-order valence-electron chi connectivity index (χ4n) is 2.18. The summed E-state index contributed by atoms with van der Waals surface area (Å²) in [5.41, 5.74) is -1.02. The second kappa shape index (κ2) is 5.40. The maximum Gasteiger partial charge on any atom is 0.416 e. The van der Waals surface area contributed by atoms with E-state index in [0.717, 1.165) is 11.0 Å². The fourth-order valence-corrected chi connectivity index (χ4v) is 2.18. The van der Waals surface area contributed by atoms with Crippen molar-refractivity contribution in [2.45, 2.75) is 24.9 Å². The van der Waals surface area contributed by atoms with Gasteiger partial charge in [0.2, 0.25) is 5.91 Å². The molecule has 1 fully saturated rings. The van der Waals surface area contributed by atoms with Gasteiger partial charge in [-0.2, -0.15) is 13.2 Å². The van der Waals surface area contributed by atoms with Crippen molar-refractivity contribution in [3.8, 4) is 0 Å². The SMILES string of the molecule is O=C(Cc1ccccc1C(F)(F)F)N1C[C@@H](O)[C@H](F)C1. The normalized spacial score (nSPS) is 23.1. The highest BCUT2D eigenvalue weighted by molar-refractivity contribution is 5.79. The van der Waals surface area contributed by atoms with Crippen LogP contribution in [-0.4, -0.2) is 41.3 Å². The molecule has 1 aliphatic heterocycles. The molecule has 0 spiro atoms. The number of halogens is 4. The van der Waals surface area contributed by atoms with Crippen LogP contribution in [0.25, 0.3) is 0 Å². The number of carbonyl (C=O) groups is 1. The summed E-state index contributed by atoms with van der Waals surface area (Å²) in [7, 11) is 0. The van der Waals surface area contributed by atoms with Gasteiger partial charge in [-0.15, -0.1) is 0 Å². The molecule has 2 atom stereocenters. The van der Waals surface area contributed by atoms with Crippen LogP contribution in [0.5, 0.6) is 0 Å². The summed E-state index contributed by atoms with van der Waals surface area (Å²) in [5, 5.41) is 9.22. The van der Waals surface area contributed by atoms with E-state index in [9.17, 15) is 27.5 Å². The first-order valence-corrected chi connectivity index (χ1v) is 6.04. The minimum Gasteiger partial charge on any atom is -0.388 e. The van der Waals surface area contributed by atoms with Gasteiger partial charge in [-0.3, -0.25) is 4.79 Å². The molecule has 1 heterocycles. The molecule has 20 heavy (non-hydrogen) atoms. The molecule has 0 aliphatic carbocycles. The summed E-state index contributed by atoms with van der Waals surface area (Å²) < 4.78 is 51.4. The summed E-state index contributed by atoms with van der Waals surface area (Å²) in [4.78, 5) is 12.9. The van der Waals surface area contributed by atoms with Gasteiger partial charge in [0.15, 0.2) is 0 Å². The van der Waals surface area contributed by atoms with Crippen LogP contribution in [0, 0.1) is 0 Å². The summed E-state index contributed by atoms with van der Waals surface area (Å²) in [6.07, 6.45) is -7.81. The number of hydrogen-bond acceptors (Lipinski definition) is 2. The van der Waals surface area contributed by atoms with E-state index in [1.54, 1.807) is 0 Å². The molecular formula is C13H13F4NO2. The number of likely N-dealkylation sites (tertiary alicyclic amines) is 1. The second-order valence-corrected chi connectivity index (χ2v) is 4.71. The Morgan fingerprint density at radius 3 is 2.50 bits per heavy atom. The number of aliphatic hydroxyl groups excluding tert-OH is 1. The molecule has 1 aliphatic rings. The van der Waals surface area contributed by atoms with Gasteiger partial charge in [0.25, 0.3) is 0 Å². The summed E-state index contributed by atoms with van der Waals surface area (Å²) in [5.74, 6) is -0.624. The summed E-state index contributed by atoms with van der Waals surface area (Å²) in [6, 6.07) is 4.78. The maximum atomic E-state index is 13.1. The Bertz CT molecular complexity index is 493. The molecular weight excluding hydrogens is 278 g/mol. The van der Waals surface area contributed by atoms with Crippen molar-refractivity contribution in [3.63, 3.8) is 0 Å². The standard InChI is InChI=1S/C13H13F4NO2/c14-10-6-18(7-11(10)19)12(20)5-8-3-1-2-4-9(8)13(15,16)17/h1-4,10-11,19H,5-7H2/t10-,11-/m1/s1. The summed E-state index contributed by atoms with van der Waals surface area (Å²) in [6.45, 7) is -0.470. The van der Waals surface area contributed by atoms with Crippen molar-refractivity contribution < 1.29 is 27.5 Å². The largest absolute Gasteiger partial charge is 0.416 e. The lowest BCUT2D eigenvalue weighted by Gasteiger charge is -2.17. The molecule has 1 N–H and O–H groups in total. The van der Waals surface area contributed by atoms with Crippen molar-refractivity contribution in [2.24, 2.45) is 0 Å². The third-order valence-electron chi connectivity index (χ3n) is 3.24. The van der Waals surface area contributed by atoms with Crippen molar-refractivity contribution in [1.29, 1.82) is 0 Å². The van der Waals surface area contributed by atoms with Crippen LogP contribution >= 0.6 is 0 Å². The molecule has 1 aromatic rings. The first kappa shape index (κ1) is 14.8. The zero-order valence-corrected chi connectivity index (χ0v) is 10.4. The number of alkyl halides is 4. The third-order valence-corrected chi connectivity index (χ3v) is 3.24. The van der Waals surface area contributed by atoms with Gasteiger partial charge < -0.3 is 10.0 Å². The minimum absolute atomic E-state index is 0.151. The van der Waals surface area contributed by atoms with E-state index in [4.69, 9.17) is 0 Å². The van der Waals surface area contributed by atoms with Gasteiger partial charge in [-0.1, -0.05) is 18.2 Å². The van der Waals surface area contributed by atoms with E-state index in [1.165, 1.54) is 18.2 Å². The first-order chi connectivity index (χ1) is 9.29. The minimum atomic E-state index is -4.54. The second-order valence-electron chi connectivity index (χ2n) is 4.71. The van der Waals surface area contributed by atoms with E-state index in [1.807, 2.05) is 0 Å². The molecule has 3 nitrogen and oxygen atoms in total. The lowest BCUT2D eigenvalue weighted by Crippen LogP contribution is -2.31. The Labute approximate surface area is 112 Å². The summed E-state index contributed by atoms with van der Waals surface area (Å²) >= 11 is 0. The zero-order chi connectivity index (χ0) is 14.9. The molecule has 110 valence electrons. The quantitative estimate of drug-likeness (QED) is 0.844. The van der Waals surface area contributed by atoms with Gasteiger partial charge in [-0.05, 0) is 11.6 Å². The topological polar surface area (TPSA) is 40.5 Å². The van der Waals surface area contributed by atoms with Crippen molar-refractivity contribution in [3.05, 3.63) is 35.4 Å². The molecule has 7 heteroatoms. The van der Waals surface area contributed by atoms with Crippen LogP contribution < -0.4 is 0 Å². The van der Waals surface area contributed by atoms with Gasteiger partial charge in [0, 0.05) is 6.54 Å². The highest BCUT2D eigenvalue weighted by atomic mass is 19.4. The van der Waals surface area contributed by atoms with E-state index in [2.05, 4.69) is 0 Å². The zero-order valence-electron chi connectivity index (χ0n) is 10.4. The van der Waals surface area contributed by atoms with Crippen molar-refractivity contribution in [1.82, 2.24) is 4.90 Å². The molecule has 0 radical (unpaired) electrons. The number of carbonyl (C=O) groups excluding carboxylic acids is 1. The molecule has 0 bridgehead atoms. The van der Waals surface area contributed by atoms with E-state index >= 15 is 0 Å². The van der Waals surface area contributed by atoms with Crippen LogP contribution in [0.2, 0.25) is 0 Å². The number of amides is 1. The van der Waals surface area contributed by atoms with Crippen LogP contribution in [0.3, 0.4) is 0 Å². The van der Waals surface area contributed by atoms with E-state index in [0.29, 0.717) is 0 Å². The van der Waals surface area contributed by atoms with Crippen molar-refractivity contribution in [2.75, 3.05) is 13.1 Å². The van der Waals surface area contributed by atoms with Gasteiger partial charge >= 0.3 is 6.18 Å². The molecule has 0 unspecified atom stereocenters. The predicted octanol–water partition coefficient (Wildman–Crippen LogP) is 1.79. The molecule has 0 saturated carbocycles. The Morgan fingerprint density at radius 2 is 1.95 bits per heavy atom. The lowest BCUT2D eigenvalue weighted by atomic mass is 10.0. The number of β-amino-alcohol motifs (C(OH)–C–C–N with tert-alkyl or cyclic N) is 1. The van der Waals surface area contributed by atoms with E-state index < -0.39 is 36.3 Å². The van der Waals surface area contributed by atoms with Gasteiger partial charge in [-0.25, -0.2) is 4.39 Å². The van der Waals surface area contributed by atoms with Gasteiger partial charge in [0.05, 0.1) is 18.5 Å². The van der Waals surface area contributed by atoms with Crippen LogP contribution in [0.1, 0.15) is 11.1 Å². The van der Waals surface area contributed by atoms with Crippen LogP contribution in [0.15, 0.2) is 24.3 Å². The molecule has 1 aromatic carbocycles. The first-order valence-electron chi connectivity index (χ1n) is 6.04. The number of hydrogen-bond donors (Lipinski definition) is 1.